The van der Waals surface area contributed by atoms with Crippen LogP contribution in [-0.4, -0.2) is 32.9 Å². The maximum absolute atomic E-state index is 11.7. The topological polar surface area (TPSA) is 63.2 Å². The van der Waals surface area contributed by atoms with Gasteiger partial charge in [0.05, 0.1) is 5.75 Å². The molecule has 18 heavy (non-hydrogen) atoms. The molecule has 0 unspecified atom stereocenters. The highest BCUT2D eigenvalue weighted by atomic mass is 79.9. The second-order valence-electron chi connectivity index (χ2n) is 3.90. The van der Waals surface area contributed by atoms with Gasteiger partial charge in [-0.15, -0.1) is 0 Å². The number of hydrogen-bond donors (Lipinski definition) is 1. The first-order valence-corrected chi connectivity index (χ1v) is 8.43. The van der Waals surface area contributed by atoms with Crippen LogP contribution in [0, 0.1) is 0 Å². The van der Waals surface area contributed by atoms with Gasteiger partial charge in [-0.3, -0.25) is 4.79 Å². The molecule has 0 aromatic heterocycles. The molecule has 0 aliphatic rings. The van der Waals surface area contributed by atoms with Crippen molar-refractivity contribution in [1.29, 1.82) is 0 Å². The average Bonchev–Trinajstić information content (AvgIpc) is 2.21. The van der Waals surface area contributed by atoms with Gasteiger partial charge in [-0.2, -0.15) is 0 Å². The Bertz CT molecular complexity index is 525. The summed E-state index contributed by atoms with van der Waals surface area (Å²) >= 11 is 9.07. The minimum Gasteiger partial charge on any atom is -0.352 e. The highest BCUT2D eigenvalue weighted by molar-refractivity contribution is 9.10. The van der Waals surface area contributed by atoms with Gasteiger partial charge in [-0.25, -0.2) is 8.42 Å². The van der Waals surface area contributed by atoms with Crippen molar-refractivity contribution in [3.05, 3.63) is 33.3 Å². The van der Waals surface area contributed by atoms with E-state index in [1.807, 2.05) is 0 Å². The van der Waals surface area contributed by atoms with Crippen LogP contribution in [0.15, 0.2) is 22.7 Å². The first kappa shape index (κ1) is 15.5. The fraction of sp³-hybridized carbons (Fsp3) is 0.364. The number of halogens is 2. The maximum Gasteiger partial charge on any atom is 0.251 e. The van der Waals surface area contributed by atoms with Crippen molar-refractivity contribution in [3.8, 4) is 0 Å². The molecule has 0 aliphatic heterocycles. The van der Waals surface area contributed by atoms with Gasteiger partial charge in [0.1, 0.15) is 9.84 Å². The zero-order valence-corrected chi connectivity index (χ0v) is 12.9. The Balaban J connectivity index is 2.51. The van der Waals surface area contributed by atoms with Crippen LogP contribution < -0.4 is 5.32 Å². The lowest BCUT2D eigenvalue weighted by atomic mass is 10.2. The first-order chi connectivity index (χ1) is 8.28. The van der Waals surface area contributed by atoms with Crippen molar-refractivity contribution < 1.29 is 13.2 Å². The Morgan fingerprint density at radius 1 is 1.39 bits per heavy atom. The molecule has 1 N–H and O–H groups in total. The molecule has 100 valence electrons. The lowest BCUT2D eigenvalue weighted by Gasteiger charge is -2.05. The van der Waals surface area contributed by atoms with Crippen molar-refractivity contribution in [2.75, 3.05) is 18.6 Å². The largest absolute Gasteiger partial charge is 0.352 e. The lowest BCUT2D eigenvalue weighted by Crippen LogP contribution is -2.25. The van der Waals surface area contributed by atoms with Crippen LogP contribution in [0.4, 0.5) is 0 Å². The summed E-state index contributed by atoms with van der Waals surface area (Å²) in [6.45, 7) is 0.316. The highest BCUT2D eigenvalue weighted by Crippen LogP contribution is 2.19. The monoisotopic (exact) mass is 353 g/mol. The minimum absolute atomic E-state index is 0.0620. The third-order valence-electron chi connectivity index (χ3n) is 2.10. The Morgan fingerprint density at radius 2 is 2.06 bits per heavy atom. The van der Waals surface area contributed by atoms with Crippen molar-refractivity contribution in [2.45, 2.75) is 6.42 Å². The van der Waals surface area contributed by atoms with Crippen LogP contribution >= 0.6 is 27.5 Å². The summed E-state index contributed by atoms with van der Waals surface area (Å²) in [6.07, 6.45) is 1.56. The van der Waals surface area contributed by atoms with Gasteiger partial charge in [-0.05, 0) is 24.6 Å². The van der Waals surface area contributed by atoms with Crippen LogP contribution in [0.5, 0.6) is 0 Å². The smallest absolute Gasteiger partial charge is 0.251 e. The molecule has 0 saturated carbocycles. The predicted molar refractivity (Wildman–Crippen MR) is 75.8 cm³/mol. The first-order valence-electron chi connectivity index (χ1n) is 5.20. The summed E-state index contributed by atoms with van der Waals surface area (Å²) in [5.74, 6) is -0.210. The second kappa shape index (κ2) is 6.54. The van der Waals surface area contributed by atoms with Crippen molar-refractivity contribution in [2.24, 2.45) is 0 Å². The summed E-state index contributed by atoms with van der Waals surface area (Å²) in [4.78, 5) is 11.7. The van der Waals surface area contributed by atoms with Gasteiger partial charge in [0, 0.05) is 27.9 Å². The maximum atomic E-state index is 11.7. The second-order valence-corrected chi connectivity index (χ2v) is 7.51. The molecule has 0 fully saturated rings. The number of rotatable bonds is 5. The van der Waals surface area contributed by atoms with Crippen molar-refractivity contribution in [1.82, 2.24) is 5.32 Å². The standard InChI is InChI=1S/C11H13BrClNO3S/c1-18(16,17)4-2-3-14-11(15)8-5-9(12)7-10(13)6-8/h5-7H,2-4H2,1H3,(H,14,15). The Kier molecular flexibility index (Phi) is 5.62. The summed E-state index contributed by atoms with van der Waals surface area (Å²) in [5, 5.41) is 3.11. The number of carbonyl (C=O) groups is 1. The van der Waals surface area contributed by atoms with Crippen LogP contribution in [0.1, 0.15) is 16.8 Å². The van der Waals surface area contributed by atoms with E-state index in [-0.39, 0.29) is 11.7 Å². The summed E-state index contributed by atoms with van der Waals surface area (Å²) in [7, 11) is -2.98. The van der Waals surface area contributed by atoms with E-state index in [1.165, 1.54) is 6.26 Å². The average molecular weight is 355 g/mol. The SMILES string of the molecule is CS(=O)(=O)CCCNC(=O)c1cc(Cl)cc(Br)c1. The van der Waals surface area contributed by atoms with Gasteiger partial charge < -0.3 is 5.32 Å². The molecule has 1 amide bonds. The molecule has 0 aliphatic carbocycles. The summed E-state index contributed by atoms with van der Waals surface area (Å²) in [6, 6.07) is 4.89. The summed E-state index contributed by atoms with van der Waals surface area (Å²) in [5.41, 5.74) is 0.439. The van der Waals surface area contributed by atoms with E-state index in [4.69, 9.17) is 11.6 Å². The van der Waals surface area contributed by atoms with Gasteiger partial charge in [0.15, 0.2) is 0 Å². The quantitative estimate of drug-likeness (QED) is 0.825. The zero-order chi connectivity index (χ0) is 13.8. The van der Waals surface area contributed by atoms with E-state index < -0.39 is 9.84 Å². The molecule has 7 heteroatoms. The van der Waals surface area contributed by atoms with E-state index in [1.54, 1.807) is 18.2 Å². The van der Waals surface area contributed by atoms with E-state index in [0.717, 1.165) is 4.47 Å². The normalized spacial score (nSPS) is 11.3. The Hall–Kier alpha value is -0.590. The molecule has 0 radical (unpaired) electrons. The van der Waals surface area contributed by atoms with Crippen LogP contribution in [0.3, 0.4) is 0 Å². The summed E-state index contributed by atoms with van der Waals surface area (Å²) < 4.78 is 22.5. The number of hydrogen-bond acceptors (Lipinski definition) is 3. The fourth-order valence-electron chi connectivity index (χ4n) is 1.32. The van der Waals surface area contributed by atoms with Gasteiger partial charge in [-0.1, -0.05) is 27.5 Å². The molecule has 1 aromatic rings. The van der Waals surface area contributed by atoms with Gasteiger partial charge in [0.2, 0.25) is 0 Å². The lowest BCUT2D eigenvalue weighted by molar-refractivity contribution is 0.0953. The highest BCUT2D eigenvalue weighted by Gasteiger charge is 2.08. The van der Waals surface area contributed by atoms with Crippen LogP contribution in [-0.2, 0) is 9.84 Å². The van der Waals surface area contributed by atoms with Crippen LogP contribution in [0.25, 0.3) is 0 Å². The predicted octanol–water partition coefficient (Wildman–Crippen LogP) is 2.27. The molecule has 0 heterocycles. The molecule has 4 nitrogen and oxygen atoms in total. The molecule has 1 aromatic carbocycles. The van der Waals surface area contributed by atoms with Gasteiger partial charge >= 0.3 is 0 Å². The zero-order valence-electron chi connectivity index (χ0n) is 9.74. The van der Waals surface area contributed by atoms with E-state index in [0.29, 0.717) is 23.6 Å². The molecular weight excluding hydrogens is 342 g/mol. The van der Waals surface area contributed by atoms with E-state index in [2.05, 4.69) is 21.2 Å². The number of sulfone groups is 1. The molecule has 0 spiro atoms. The Morgan fingerprint density at radius 3 is 2.61 bits per heavy atom. The number of benzene rings is 1. The van der Waals surface area contributed by atoms with Crippen molar-refractivity contribution >= 4 is 43.3 Å². The molecule has 1 rings (SSSR count). The third-order valence-corrected chi connectivity index (χ3v) is 3.81. The van der Waals surface area contributed by atoms with E-state index in [9.17, 15) is 13.2 Å². The fourth-order valence-corrected chi connectivity index (χ4v) is 2.85. The number of nitrogens with one attached hydrogen (secondary N) is 1. The minimum atomic E-state index is -2.98. The van der Waals surface area contributed by atoms with E-state index >= 15 is 0 Å². The number of carbonyl (C=O) groups excluding carboxylic acids is 1. The number of amides is 1. The van der Waals surface area contributed by atoms with Gasteiger partial charge in [0.25, 0.3) is 5.91 Å². The van der Waals surface area contributed by atoms with Crippen LogP contribution in [0.2, 0.25) is 5.02 Å². The molecule has 0 bridgehead atoms. The molecule has 0 saturated heterocycles. The Labute approximate surface area is 120 Å². The molecular formula is C11H13BrClNO3S. The van der Waals surface area contributed by atoms with Crippen molar-refractivity contribution in [3.63, 3.8) is 0 Å². The molecule has 0 atom stereocenters. The third kappa shape index (κ3) is 5.84.